The number of allylic oxidation sites excluding steroid dienone is 1. The second-order valence-corrected chi connectivity index (χ2v) is 6.08. The van der Waals surface area contributed by atoms with Crippen LogP contribution in [-0.4, -0.2) is 25.5 Å². The summed E-state index contributed by atoms with van der Waals surface area (Å²) < 4.78 is 7.44. The minimum Gasteiger partial charge on any atom is -0.469 e. The zero-order valence-electron chi connectivity index (χ0n) is 13.0. The summed E-state index contributed by atoms with van der Waals surface area (Å²) in [4.78, 5) is 4.34. The van der Waals surface area contributed by atoms with Crippen LogP contribution < -0.4 is 0 Å². The second kappa shape index (κ2) is 7.28. The maximum absolute atomic E-state index is 5.38. The molecule has 3 aromatic rings. The van der Waals surface area contributed by atoms with Crippen LogP contribution in [0.3, 0.4) is 0 Å². The summed E-state index contributed by atoms with van der Waals surface area (Å²) in [6.45, 7) is 6.42. The molecule has 5 nitrogen and oxygen atoms in total. The van der Waals surface area contributed by atoms with Gasteiger partial charge in [0, 0.05) is 24.2 Å². The number of furan rings is 1. The van der Waals surface area contributed by atoms with Crippen LogP contribution in [0.4, 0.5) is 0 Å². The third-order valence-electron chi connectivity index (χ3n) is 3.44. The Balaban J connectivity index is 1.76. The molecule has 0 radical (unpaired) electrons. The highest BCUT2D eigenvalue weighted by molar-refractivity contribution is 7.99. The fourth-order valence-electron chi connectivity index (χ4n) is 2.30. The number of thioether (sulfide) groups is 1. The number of aromatic nitrogens is 4. The highest BCUT2D eigenvalue weighted by atomic mass is 32.2. The fourth-order valence-corrected chi connectivity index (χ4v) is 3.21. The molecule has 6 heteroatoms. The average molecular weight is 326 g/mol. The standard InChI is InChI=1S/C17H18N4OS/c1-3-10-21-16(15-7-11-22-13(15)2)19-20-17(21)23-12-8-14-6-4-5-9-18-14/h3-7,9,11H,1,8,10,12H2,2H3. The molecule has 0 bridgehead atoms. The summed E-state index contributed by atoms with van der Waals surface area (Å²) in [6, 6.07) is 7.89. The highest BCUT2D eigenvalue weighted by Crippen LogP contribution is 2.27. The minimum absolute atomic E-state index is 0.666. The highest BCUT2D eigenvalue weighted by Gasteiger charge is 2.16. The minimum atomic E-state index is 0.666. The van der Waals surface area contributed by atoms with E-state index in [1.54, 1.807) is 18.0 Å². The molecule has 0 fully saturated rings. The quantitative estimate of drug-likeness (QED) is 0.489. The first kappa shape index (κ1) is 15.6. The van der Waals surface area contributed by atoms with Crippen molar-refractivity contribution in [3.8, 4) is 11.4 Å². The lowest BCUT2D eigenvalue weighted by Gasteiger charge is -2.07. The Morgan fingerprint density at radius 3 is 2.91 bits per heavy atom. The van der Waals surface area contributed by atoms with Gasteiger partial charge in [0.1, 0.15) is 5.76 Å². The first-order chi connectivity index (χ1) is 11.3. The summed E-state index contributed by atoms with van der Waals surface area (Å²) in [5, 5.41) is 9.55. The molecule has 118 valence electrons. The Kier molecular flexibility index (Phi) is 4.92. The normalized spacial score (nSPS) is 10.8. The van der Waals surface area contributed by atoms with Crippen LogP contribution in [0.25, 0.3) is 11.4 Å². The summed E-state index contributed by atoms with van der Waals surface area (Å²) in [7, 11) is 0. The maximum atomic E-state index is 5.38. The zero-order chi connectivity index (χ0) is 16.1. The smallest absolute Gasteiger partial charge is 0.191 e. The number of hydrogen-bond acceptors (Lipinski definition) is 5. The largest absolute Gasteiger partial charge is 0.469 e. The average Bonchev–Trinajstić information content (AvgIpc) is 3.15. The summed E-state index contributed by atoms with van der Waals surface area (Å²) in [6.07, 6.45) is 6.24. The van der Waals surface area contributed by atoms with Crippen LogP contribution in [0.5, 0.6) is 0 Å². The van der Waals surface area contributed by atoms with Crippen molar-refractivity contribution in [1.82, 2.24) is 19.7 Å². The van der Waals surface area contributed by atoms with Gasteiger partial charge in [-0.1, -0.05) is 23.9 Å². The van der Waals surface area contributed by atoms with Crippen molar-refractivity contribution >= 4 is 11.8 Å². The molecule has 0 atom stereocenters. The molecule has 0 aromatic carbocycles. The van der Waals surface area contributed by atoms with Crippen molar-refractivity contribution < 1.29 is 4.42 Å². The van der Waals surface area contributed by atoms with E-state index in [9.17, 15) is 0 Å². The lowest BCUT2D eigenvalue weighted by Crippen LogP contribution is -2.01. The molecule has 3 heterocycles. The van der Waals surface area contributed by atoms with Crippen LogP contribution in [0.1, 0.15) is 11.5 Å². The fraction of sp³-hybridized carbons (Fsp3) is 0.235. The molecular weight excluding hydrogens is 308 g/mol. The van der Waals surface area contributed by atoms with Crippen molar-refractivity contribution in [3.63, 3.8) is 0 Å². The molecule has 0 saturated heterocycles. The Hall–Kier alpha value is -2.34. The molecule has 3 rings (SSSR count). The molecule has 0 unspecified atom stereocenters. The predicted molar refractivity (Wildman–Crippen MR) is 91.3 cm³/mol. The summed E-state index contributed by atoms with van der Waals surface area (Å²) >= 11 is 1.68. The van der Waals surface area contributed by atoms with Gasteiger partial charge in [-0.2, -0.15) is 0 Å². The summed E-state index contributed by atoms with van der Waals surface area (Å²) in [5.41, 5.74) is 2.05. The molecule has 3 aromatic heterocycles. The lowest BCUT2D eigenvalue weighted by molar-refractivity contribution is 0.534. The molecule has 0 aliphatic heterocycles. The zero-order valence-corrected chi connectivity index (χ0v) is 13.8. The van der Waals surface area contributed by atoms with E-state index in [4.69, 9.17) is 4.42 Å². The van der Waals surface area contributed by atoms with Gasteiger partial charge in [-0.15, -0.1) is 16.8 Å². The van der Waals surface area contributed by atoms with Gasteiger partial charge in [0.05, 0.1) is 11.8 Å². The van der Waals surface area contributed by atoms with Crippen molar-refractivity contribution in [2.45, 2.75) is 25.0 Å². The third-order valence-corrected chi connectivity index (χ3v) is 4.41. The van der Waals surface area contributed by atoms with Gasteiger partial charge in [-0.05, 0) is 31.5 Å². The molecule has 0 spiro atoms. The number of nitrogens with zero attached hydrogens (tertiary/aromatic N) is 4. The van der Waals surface area contributed by atoms with E-state index in [0.717, 1.165) is 40.2 Å². The Bertz CT molecular complexity index is 779. The number of hydrogen-bond donors (Lipinski definition) is 0. The van der Waals surface area contributed by atoms with Gasteiger partial charge in [0.25, 0.3) is 0 Å². The van der Waals surface area contributed by atoms with Crippen LogP contribution in [0, 0.1) is 6.92 Å². The van der Waals surface area contributed by atoms with Gasteiger partial charge in [0.15, 0.2) is 11.0 Å². The molecule has 0 aliphatic rings. The number of rotatable bonds is 7. The molecule has 0 aliphatic carbocycles. The third kappa shape index (κ3) is 3.53. The van der Waals surface area contributed by atoms with Gasteiger partial charge >= 0.3 is 0 Å². The monoisotopic (exact) mass is 326 g/mol. The van der Waals surface area contributed by atoms with Gasteiger partial charge in [-0.3, -0.25) is 9.55 Å². The SMILES string of the molecule is C=CCn1c(SCCc2ccccn2)nnc1-c1ccoc1C. The number of aryl methyl sites for hydroxylation is 2. The van der Waals surface area contributed by atoms with E-state index in [1.807, 2.05) is 43.5 Å². The molecular formula is C17H18N4OS. The summed E-state index contributed by atoms with van der Waals surface area (Å²) in [5.74, 6) is 2.56. The van der Waals surface area contributed by atoms with E-state index < -0.39 is 0 Å². The van der Waals surface area contributed by atoms with E-state index in [1.165, 1.54) is 0 Å². The molecule has 23 heavy (non-hydrogen) atoms. The van der Waals surface area contributed by atoms with Crippen molar-refractivity contribution in [3.05, 3.63) is 60.8 Å². The first-order valence-electron chi connectivity index (χ1n) is 7.41. The van der Waals surface area contributed by atoms with Crippen molar-refractivity contribution in [1.29, 1.82) is 0 Å². The predicted octanol–water partition coefficient (Wildman–Crippen LogP) is 3.76. The molecule has 0 N–H and O–H groups in total. The molecule has 0 saturated carbocycles. The molecule has 0 amide bonds. The van der Waals surface area contributed by atoms with Gasteiger partial charge in [-0.25, -0.2) is 0 Å². The maximum Gasteiger partial charge on any atom is 0.191 e. The van der Waals surface area contributed by atoms with Crippen molar-refractivity contribution in [2.24, 2.45) is 0 Å². The number of pyridine rings is 1. The first-order valence-corrected chi connectivity index (χ1v) is 8.39. The van der Waals surface area contributed by atoms with E-state index in [0.29, 0.717) is 6.54 Å². The van der Waals surface area contributed by atoms with Crippen molar-refractivity contribution in [2.75, 3.05) is 5.75 Å². The Morgan fingerprint density at radius 1 is 1.30 bits per heavy atom. The van der Waals surface area contributed by atoms with Crippen LogP contribution >= 0.6 is 11.8 Å². The van der Waals surface area contributed by atoms with E-state index in [-0.39, 0.29) is 0 Å². The van der Waals surface area contributed by atoms with Gasteiger partial charge < -0.3 is 4.42 Å². The Morgan fingerprint density at radius 2 is 2.22 bits per heavy atom. The topological polar surface area (TPSA) is 56.7 Å². The Labute approximate surface area is 139 Å². The van der Waals surface area contributed by atoms with Crippen LogP contribution in [0.15, 0.2) is 59.0 Å². The van der Waals surface area contributed by atoms with Gasteiger partial charge in [0.2, 0.25) is 0 Å². The van der Waals surface area contributed by atoms with E-state index in [2.05, 4.69) is 26.3 Å². The lowest BCUT2D eigenvalue weighted by atomic mass is 10.2. The second-order valence-electron chi connectivity index (χ2n) is 5.02. The van der Waals surface area contributed by atoms with Crippen LogP contribution in [0.2, 0.25) is 0 Å². The van der Waals surface area contributed by atoms with E-state index >= 15 is 0 Å². The van der Waals surface area contributed by atoms with Crippen LogP contribution in [-0.2, 0) is 13.0 Å².